The summed E-state index contributed by atoms with van der Waals surface area (Å²) in [4.78, 5) is 25.5. The molecule has 2 aromatic heterocycles. The summed E-state index contributed by atoms with van der Waals surface area (Å²) in [6.07, 6.45) is 0.489. The highest BCUT2D eigenvalue weighted by Gasteiger charge is 2.14. The van der Waals surface area contributed by atoms with Crippen LogP contribution in [0.2, 0.25) is 0 Å². The van der Waals surface area contributed by atoms with E-state index in [0.29, 0.717) is 17.7 Å². The maximum atomic E-state index is 12.7. The third-order valence-corrected chi connectivity index (χ3v) is 4.54. The normalized spacial score (nSPS) is 10.6. The first-order valence-electron chi connectivity index (χ1n) is 8.02. The van der Waals surface area contributed by atoms with Crippen molar-refractivity contribution in [1.29, 1.82) is 0 Å². The molecule has 5 nitrogen and oxygen atoms in total. The molecule has 128 valence electrons. The van der Waals surface area contributed by atoms with Crippen LogP contribution in [-0.4, -0.2) is 22.4 Å². The number of benzene rings is 1. The van der Waals surface area contributed by atoms with E-state index in [1.807, 2.05) is 53.9 Å². The van der Waals surface area contributed by atoms with Gasteiger partial charge >= 0.3 is 5.97 Å². The van der Waals surface area contributed by atoms with Crippen LogP contribution in [0.3, 0.4) is 0 Å². The average Bonchev–Trinajstić information content (AvgIpc) is 3.14. The van der Waals surface area contributed by atoms with Gasteiger partial charge in [-0.2, -0.15) is 5.10 Å². The van der Waals surface area contributed by atoms with Gasteiger partial charge in [-0.3, -0.25) is 9.59 Å². The minimum Gasteiger partial charge on any atom is -0.465 e. The number of nitrogens with zero attached hydrogens (tertiary/aromatic N) is 2. The van der Waals surface area contributed by atoms with Crippen molar-refractivity contribution < 1.29 is 9.53 Å². The lowest BCUT2D eigenvalue weighted by atomic mass is 10.1. The molecule has 0 saturated heterocycles. The van der Waals surface area contributed by atoms with Gasteiger partial charge in [0.25, 0.3) is 5.56 Å². The predicted octanol–water partition coefficient (Wildman–Crippen LogP) is 3.13. The smallest absolute Gasteiger partial charge is 0.327 e. The van der Waals surface area contributed by atoms with Crippen LogP contribution in [0.5, 0.6) is 0 Å². The molecule has 0 radical (unpaired) electrons. The van der Waals surface area contributed by atoms with Crippen molar-refractivity contribution in [2.75, 3.05) is 6.61 Å². The third-order valence-electron chi connectivity index (χ3n) is 3.64. The summed E-state index contributed by atoms with van der Waals surface area (Å²) in [7, 11) is 0. The van der Waals surface area contributed by atoms with E-state index < -0.39 is 5.97 Å². The number of aromatic nitrogens is 2. The largest absolute Gasteiger partial charge is 0.465 e. The minimum absolute atomic E-state index is 0.187. The van der Waals surface area contributed by atoms with Gasteiger partial charge < -0.3 is 4.74 Å². The standard InChI is InChI=1S/C19H18N2O3S/c1-2-24-18(22)13-21-19(23)15(11-14-7-4-3-5-8-14)12-16(20-21)17-9-6-10-25-17/h3-10,12H,2,11,13H2,1H3. The second-order valence-corrected chi connectivity index (χ2v) is 6.41. The molecule has 0 fully saturated rings. The van der Waals surface area contributed by atoms with Crippen LogP contribution >= 0.6 is 11.3 Å². The van der Waals surface area contributed by atoms with Gasteiger partial charge in [0.05, 0.1) is 11.5 Å². The number of rotatable bonds is 6. The molecule has 3 rings (SSSR count). The SMILES string of the molecule is CCOC(=O)Cn1nc(-c2cccs2)cc(Cc2ccccc2)c1=O. The molecule has 0 aliphatic rings. The van der Waals surface area contributed by atoms with Crippen LogP contribution in [0, 0.1) is 0 Å². The monoisotopic (exact) mass is 354 g/mol. The highest BCUT2D eigenvalue weighted by molar-refractivity contribution is 7.13. The molecular formula is C19H18N2O3S. The number of carbonyl (C=O) groups excluding carboxylic acids is 1. The fourth-order valence-electron chi connectivity index (χ4n) is 2.52. The second kappa shape index (κ2) is 7.90. The van der Waals surface area contributed by atoms with E-state index >= 15 is 0 Å². The summed E-state index contributed by atoms with van der Waals surface area (Å²) in [5.74, 6) is -0.467. The fourth-order valence-corrected chi connectivity index (χ4v) is 3.20. The van der Waals surface area contributed by atoms with Crippen molar-refractivity contribution >= 4 is 17.3 Å². The van der Waals surface area contributed by atoms with Crippen LogP contribution < -0.4 is 5.56 Å². The van der Waals surface area contributed by atoms with Crippen molar-refractivity contribution in [3.63, 3.8) is 0 Å². The van der Waals surface area contributed by atoms with Crippen molar-refractivity contribution in [2.24, 2.45) is 0 Å². The lowest BCUT2D eigenvalue weighted by Gasteiger charge is -2.10. The Morgan fingerprint density at radius 3 is 2.68 bits per heavy atom. The quantitative estimate of drug-likeness (QED) is 0.638. The first-order chi connectivity index (χ1) is 12.2. The maximum Gasteiger partial charge on any atom is 0.327 e. The zero-order valence-electron chi connectivity index (χ0n) is 13.8. The Balaban J connectivity index is 2.02. The molecule has 0 bridgehead atoms. The molecule has 0 aliphatic carbocycles. The predicted molar refractivity (Wildman–Crippen MR) is 97.7 cm³/mol. The van der Waals surface area contributed by atoms with Crippen LogP contribution in [-0.2, 0) is 22.5 Å². The molecule has 0 unspecified atom stereocenters. The minimum atomic E-state index is -0.467. The van der Waals surface area contributed by atoms with Crippen molar-refractivity contribution in [1.82, 2.24) is 9.78 Å². The first kappa shape index (κ1) is 17.1. The Morgan fingerprint density at radius 1 is 1.20 bits per heavy atom. The molecule has 0 aliphatic heterocycles. The Bertz CT molecular complexity index is 902. The van der Waals surface area contributed by atoms with E-state index in [9.17, 15) is 9.59 Å². The topological polar surface area (TPSA) is 61.2 Å². The molecular weight excluding hydrogens is 336 g/mol. The molecule has 0 amide bonds. The first-order valence-corrected chi connectivity index (χ1v) is 8.90. The summed E-state index contributed by atoms with van der Waals surface area (Å²) in [6, 6.07) is 15.4. The van der Waals surface area contributed by atoms with E-state index in [0.717, 1.165) is 10.4 Å². The van der Waals surface area contributed by atoms with Crippen LogP contribution in [0.25, 0.3) is 10.6 Å². The molecule has 0 N–H and O–H groups in total. The Kier molecular flexibility index (Phi) is 5.40. The van der Waals surface area contributed by atoms with E-state index in [1.165, 1.54) is 4.68 Å². The number of hydrogen-bond acceptors (Lipinski definition) is 5. The highest BCUT2D eigenvalue weighted by atomic mass is 32.1. The fraction of sp³-hybridized carbons (Fsp3) is 0.211. The summed E-state index contributed by atoms with van der Waals surface area (Å²) in [6.45, 7) is 1.82. The van der Waals surface area contributed by atoms with E-state index in [-0.39, 0.29) is 18.7 Å². The number of carbonyl (C=O) groups is 1. The van der Waals surface area contributed by atoms with Gasteiger partial charge in [-0.15, -0.1) is 11.3 Å². The Morgan fingerprint density at radius 2 is 2.00 bits per heavy atom. The number of esters is 1. The van der Waals surface area contributed by atoms with Gasteiger partial charge in [0.1, 0.15) is 12.2 Å². The van der Waals surface area contributed by atoms with Crippen molar-refractivity contribution in [2.45, 2.75) is 19.9 Å². The summed E-state index contributed by atoms with van der Waals surface area (Å²) < 4.78 is 6.15. The number of thiophene rings is 1. The summed E-state index contributed by atoms with van der Waals surface area (Å²) in [5.41, 5.74) is 2.06. The molecule has 2 heterocycles. The lowest BCUT2D eigenvalue weighted by Crippen LogP contribution is -2.30. The lowest BCUT2D eigenvalue weighted by molar-refractivity contribution is -0.144. The molecule has 6 heteroatoms. The zero-order chi connectivity index (χ0) is 17.6. The number of hydrogen-bond donors (Lipinski definition) is 0. The van der Waals surface area contributed by atoms with Crippen LogP contribution in [0.4, 0.5) is 0 Å². The summed E-state index contributed by atoms with van der Waals surface area (Å²) >= 11 is 1.54. The van der Waals surface area contributed by atoms with Gasteiger partial charge in [-0.05, 0) is 30.0 Å². The maximum absolute atomic E-state index is 12.7. The molecule has 0 saturated carbocycles. The second-order valence-electron chi connectivity index (χ2n) is 5.46. The van der Waals surface area contributed by atoms with Crippen molar-refractivity contribution in [3.8, 4) is 10.6 Å². The average molecular weight is 354 g/mol. The Labute approximate surface area is 149 Å². The molecule has 0 spiro atoms. The van der Waals surface area contributed by atoms with E-state index in [1.54, 1.807) is 18.3 Å². The van der Waals surface area contributed by atoms with E-state index in [4.69, 9.17) is 4.74 Å². The van der Waals surface area contributed by atoms with Crippen LogP contribution in [0.15, 0.2) is 58.7 Å². The molecule has 25 heavy (non-hydrogen) atoms. The molecule has 1 aromatic carbocycles. The van der Waals surface area contributed by atoms with Crippen molar-refractivity contribution in [3.05, 3.63) is 75.4 Å². The van der Waals surface area contributed by atoms with E-state index in [2.05, 4.69) is 5.10 Å². The molecule has 3 aromatic rings. The highest BCUT2D eigenvalue weighted by Crippen LogP contribution is 2.22. The van der Waals surface area contributed by atoms with Crippen LogP contribution in [0.1, 0.15) is 18.1 Å². The van der Waals surface area contributed by atoms with Gasteiger partial charge in [-0.25, -0.2) is 4.68 Å². The zero-order valence-corrected chi connectivity index (χ0v) is 14.7. The van der Waals surface area contributed by atoms with Gasteiger partial charge in [-0.1, -0.05) is 36.4 Å². The molecule has 0 atom stereocenters. The Hall–Kier alpha value is -2.73. The third kappa shape index (κ3) is 4.22. The number of ether oxygens (including phenoxy) is 1. The van der Waals surface area contributed by atoms with Gasteiger partial charge in [0.2, 0.25) is 0 Å². The van der Waals surface area contributed by atoms with Gasteiger partial charge in [0.15, 0.2) is 0 Å². The van der Waals surface area contributed by atoms with Gasteiger partial charge in [0, 0.05) is 12.0 Å². The summed E-state index contributed by atoms with van der Waals surface area (Å²) in [5, 5.41) is 6.31.